The first-order valence-corrected chi connectivity index (χ1v) is 9.41. The van der Waals surface area contributed by atoms with Gasteiger partial charge in [-0.25, -0.2) is 0 Å². The van der Waals surface area contributed by atoms with Gasteiger partial charge in [0.05, 0.1) is 0 Å². The lowest BCUT2D eigenvalue weighted by molar-refractivity contribution is -0.138. The third kappa shape index (κ3) is 2.96. The summed E-state index contributed by atoms with van der Waals surface area (Å²) in [7, 11) is 0. The van der Waals surface area contributed by atoms with Crippen molar-refractivity contribution in [3.05, 3.63) is 86.6 Å². The van der Waals surface area contributed by atoms with Crippen molar-refractivity contribution in [2.24, 2.45) is 5.92 Å². The highest BCUT2D eigenvalue weighted by atomic mass is 35.5. The molecule has 0 N–H and O–H groups in total. The van der Waals surface area contributed by atoms with Gasteiger partial charge in [-0.05, 0) is 37.3 Å². The Kier molecular flexibility index (Phi) is 4.39. The summed E-state index contributed by atoms with van der Waals surface area (Å²) in [5, 5.41) is 0.547. The summed E-state index contributed by atoms with van der Waals surface area (Å²) >= 11 is 7.77. The predicted molar refractivity (Wildman–Crippen MR) is 102 cm³/mol. The van der Waals surface area contributed by atoms with Crippen LogP contribution in [0.15, 0.2) is 60.7 Å². The van der Waals surface area contributed by atoms with Crippen molar-refractivity contribution in [3.63, 3.8) is 0 Å². The van der Waals surface area contributed by atoms with Crippen molar-refractivity contribution in [3.8, 4) is 5.75 Å². The molecule has 1 aliphatic heterocycles. The molecule has 1 aromatic heterocycles. The van der Waals surface area contributed by atoms with Crippen LogP contribution in [0, 0.1) is 12.8 Å². The lowest BCUT2D eigenvalue weighted by Gasteiger charge is -2.30. The van der Waals surface area contributed by atoms with E-state index in [-0.39, 0.29) is 5.78 Å². The third-order valence-corrected chi connectivity index (χ3v) is 5.83. The van der Waals surface area contributed by atoms with E-state index in [1.165, 1.54) is 0 Å². The smallest absolute Gasteiger partial charge is 0.323 e. The number of benzene rings is 2. The van der Waals surface area contributed by atoms with Crippen molar-refractivity contribution in [2.75, 3.05) is 0 Å². The number of esters is 1. The topological polar surface area (TPSA) is 43.4 Å². The van der Waals surface area contributed by atoms with Crippen LogP contribution in [0.5, 0.6) is 5.75 Å². The Balaban J connectivity index is 1.88. The molecule has 2 atom stereocenters. The highest BCUT2D eigenvalue weighted by molar-refractivity contribution is 7.12. The summed E-state index contributed by atoms with van der Waals surface area (Å²) in [4.78, 5) is 28.0. The lowest BCUT2D eigenvalue weighted by Crippen LogP contribution is -2.37. The summed E-state index contributed by atoms with van der Waals surface area (Å²) in [6, 6.07) is 18.0. The molecule has 2 aromatic carbocycles. The zero-order valence-electron chi connectivity index (χ0n) is 13.9. The Labute approximate surface area is 160 Å². The van der Waals surface area contributed by atoms with Crippen LogP contribution >= 0.6 is 22.9 Å². The number of rotatable bonds is 3. The van der Waals surface area contributed by atoms with Crippen molar-refractivity contribution < 1.29 is 14.3 Å². The molecule has 3 aromatic rings. The average Bonchev–Trinajstić information content (AvgIpc) is 3.07. The van der Waals surface area contributed by atoms with Gasteiger partial charge in [-0.3, -0.25) is 9.59 Å². The Bertz CT molecular complexity index is 994. The Morgan fingerprint density at radius 1 is 1.08 bits per heavy atom. The fraction of sp³-hybridized carbons (Fsp3) is 0.143. The van der Waals surface area contributed by atoms with E-state index < -0.39 is 17.8 Å². The zero-order valence-corrected chi connectivity index (χ0v) is 15.5. The fourth-order valence-electron chi connectivity index (χ4n) is 3.32. The van der Waals surface area contributed by atoms with Gasteiger partial charge >= 0.3 is 5.97 Å². The van der Waals surface area contributed by atoms with Crippen molar-refractivity contribution in [2.45, 2.75) is 12.8 Å². The first kappa shape index (κ1) is 17.0. The maximum absolute atomic E-state index is 13.2. The number of hydrogen-bond donors (Lipinski definition) is 0. The zero-order chi connectivity index (χ0) is 18.3. The number of hydrogen-bond acceptors (Lipinski definition) is 4. The highest BCUT2D eigenvalue weighted by Gasteiger charge is 2.44. The molecule has 26 heavy (non-hydrogen) atoms. The molecule has 5 heteroatoms. The van der Waals surface area contributed by atoms with Crippen LogP contribution in [0.3, 0.4) is 0 Å². The van der Waals surface area contributed by atoms with E-state index in [2.05, 4.69) is 0 Å². The molecule has 0 unspecified atom stereocenters. The van der Waals surface area contributed by atoms with Gasteiger partial charge in [-0.1, -0.05) is 41.9 Å². The molecule has 0 amide bonds. The minimum Gasteiger partial charge on any atom is -0.426 e. The van der Waals surface area contributed by atoms with E-state index >= 15 is 0 Å². The number of fused-ring (bicyclic) bond motifs is 1. The fourth-order valence-corrected chi connectivity index (χ4v) is 4.54. The van der Waals surface area contributed by atoms with Crippen LogP contribution < -0.4 is 4.74 Å². The minimum atomic E-state index is -0.929. The van der Waals surface area contributed by atoms with E-state index in [1.807, 2.05) is 25.1 Å². The number of ether oxygens (including phenoxy) is 1. The lowest BCUT2D eigenvalue weighted by atomic mass is 9.78. The Morgan fingerprint density at radius 3 is 2.54 bits per heavy atom. The molecule has 4 rings (SSSR count). The monoisotopic (exact) mass is 382 g/mol. The number of Topliss-reactive ketones (excluding diaryl/α,β-unsaturated/α-hetero) is 1. The number of carbonyl (C=O) groups is 2. The summed E-state index contributed by atoms with van der Waals surface area (Å²) in [5.41, 5.74) is 1.27. The van der Waals surface area contributed by atoms with Crippen molar-refractivity contribution >= 4 is 34.7 Å². The van der Waals surface area contributed by atoms with Crippen LogP contribution in [0.25, 0.3) is 0 Å². The highest BCUT2D eigenvalue weighted by Crippen LogP contribution is 2.46. The number of halogens is 1. The molecule has 0 radical (unpaired) electrons. The van der Waals surface area contributed by atoms with E-state index in [0.717, 1.165) is 15.3 Å². The predicted octanol–water partition coefficient (Wildman–Crippen LogP) is 5.26. The standard InChI is InChI=1S/C21H15ClO3S/c1-12-7-10-17(26-12)18-15-11-14(22)8-9-16(15)25-21(24)19(18)20(23)13-5-3-2-4-6-13/h2-11,18-19H,1H3/t18-,19+/m0/s1. The minimum absolute atomic E-state index is 0.239. The first-order chi connectivity index (χ1) is 12.5. The molecular formula is C21H15ClO3S. The number of thiophene rings is 1. The average molecular weight is 383 g/mol. The van der Waals surface area contributed by atoms with E-state index in [9.17, 15) is 9.59 Å². The van der Waals surface area contributed by atoms with Gasteiger partial charge in [0.15, 0.2) is 5.78 Å². The molecule has 0 fully saturated rings. The van der Waals surface area contributed by atoms with Crippen LogP contribution in [0.1, 0.15) is 31.6 Å². The number of aryl methyl sites for hydroxylation is 1. The molecule has 0 spiro atoms. The van der Waals surface area contributed by atoms with Gasteiger partial charge < -0.3 is 4.74 Å². The van der Waals surface area contributed by atoms with Gasteiger partial charge in [-0.2, -0.15) is 0 Å². The SMILES string of the molecule is Cc1ccc([C@@H]2c3cc(Cl)ccc3OC(=O)[C@H]2C(=O)c2ccccc2)s1. The number of ketones is 1. The molecule has 0 aliphatic carbocycles. The van der Waals surface area contributed by atoms with Gasteiger partial charge in [-0.15, -0.1) is 11.3 Å². The molecular weight excluding hydrogens is 368 g/mol. The van der Waals surface area contributed by atoms with Gasteiger partial charge in [0.1, 0.15) is 11.7 Å². The van der Waals surface area contributed by atoms with Crippen LogP contribution in [-0.2, 0) is 4.79 Å². The van der Waals surface area contributed by atoms with Gasteiger partial charge in [0, 0.05) is 31.8 Å². The Morgan fingerprint density at radius 2 is 1.85 bits per heavy atom. The Hall–Kier alpha value is -2.43. The maximum atomic E-state index is 13.2. The van der Waals surface area contributed by atoms with Gasteiger partial charge in [0.25, 0.3) is 0 Å². The largest absolute Gasteiger partial charge is 0.426 e. The van der Waals surface area contributed by atoms with Crippen LogP contribution in [-0.4, -0.2) is 11.8 Å². The normalized spacial score (nSPS) is 18.9. The summed E-state index contributed by atoms with van der Waals surface area (Å²) in [6.07, 6.45) is 0. The van der Waals surface area contributed by atoms with E-state index in [4.69, 9.17) is 16.3 Å². The van der Waals surface area contributed by atoms with Gasteiger partial charge in [0.2, 0.25) is 0 Å². The molecule has 130 valence electrons. The first-order valence-electron chi connectivity index (χ1n) is 8.21. The second-order valence-corrected chi connectivity index (χ2v) is 7.99. The third-order valence-electron chi connectivity index (χ3n) is 4.51. The van der Waals surface area contributed by atoms with Crippen LogP contribution in [0.2, 0.25) is 5.02 Å². The number of carbonyl (C=O) groups excluding carboxylic acids is 2. The molecule has 3 nitrogen and oxygen atoms in total. The van der Waals surface area contributed by atoms with Crippen LogP contribution in [0.4, 0.5) is 0 Å². The molecule has 0 saturated carbocycles. The second-order valence-electron chi connectivity index (χ2n) is 6.24. The molecule has 0 bridgehead atoms. The van der Waals surface area contributed by atoms with Crippen molar-refractivity contribution in [1.29, 1.82) is 0 Å². The second kappa shape index (κ2) is 6.71. The molecule has 1 aliphatic rings. The van der Waals surface area contributed by atoms with Crippen molar-refractivity contribution in [1.82, 2.24) is 0 Å². The molecule has 2 heterocycles. The summed E-state index contributed by atoms with van der Waals surface area (Å²) in [6.45, 7) is 2.00. The quantitative estimate of drug-likeness (QED) is 0.268. The summed E-state index contributed by atoms with van der Waals surface area (Å²) < 4.78 is 5.49. The summed E-state index contributed by atoms with van der Waals surface area (Å²) in [5.74, 6) is -1.63. The molecule has 0 saturated heterocycles. The van der Waals surface area contributed by atoms with E-state index in [0.29, 0.717) is 16.3 Å². The van der Waals surface area contributed by atoms with E-state index in [1.54, 1.807) is 53.8 Å². The maximum Gasteiger partial charge on any atom is 0.323 e.